The number of anilines is 1. The number of carbonyl (C=O) groups excluding carboxylic acids is 1. The van der Waals surface area contributed by atoms with Gasteiger partial charge < -0.3 is 10.6 Å². The third kappa shape index (κ3) is 5.05. The van der Waals surface area contributed by atoms with Gasteiger partial charge in [-0.2, -0.15) is 0 Å². The smallest absolute Gasteiger partial charge is 0.271 e. The van der Waals surface area contributed by atoms with Crippen LogP contribution >= 0.6 is 11.6 Å². The molecule has 2 N–H and O–H groups in total. The van der Waals surface area contributed by atoms with E-state index in [4.69, 9.17) is 11.6 Å². The highest BCUT2D eigenvalue weighted by Crippen LogP contribution is 2.26. The average Bonchev–Trinajstić information content (AvgIpc) is 2.40. The molecule has 0 fully saturated rings. The molecule has 0 aliphatic rings. The summed E-state index contributed by atoms with van der Waals surface area (Å²) < 4.78 is 0. The largest absolute Gasteiger partial charge is 0.383 e. The number of nitro benzene ring substituents is 1. The molecule has 1 aromatic carbocycles. The van der Waals surface area contributed by atoms with Crippen LogP contribution < -0.4 is 10.6 Å². The molecule has 1 atom stereocenters. The molecule has 7 heteroatoms. The van der Waals surface area contributed by atoms with Gasteiger partial charge in [-0.25, -0.2) is 0 Å². The molecule has 0 saturated heterocycles. The Balaban J connectivity index is 2.46. The Bertz CT molecular complexity index is 494. The minimum atomic E-state index is -0.505. The van der Waals surface area contributed by atoms with Crippen LogP contribution in [0, 0.1) is 10.1 Å². The standard InChI is InChI=1S/C13H18ClN3O3/c1-3-9(2)16-13(18)6-7-15-12-5-4-10(17(19)20)8-11(12)14/h4-5,8-9,15H,3,6-7H2,1-2H3,(H,16,18). The van der Waals surface area contributed by atoms with Gasteiger partial charge >= 0.3 is 0 Å². The lowest BCUT2D eigenvalue weighted by Crippen LogP contribution is -2.32. The van der Waals surface area contributed by atoms with Crippen molar-refractivity contribution >= 4 is 28.9 Å². The van der Waals surface area contributed by atoms with E-state index in [1.165, 1.54) is 18.2 Å². The Labute approximate surface area is 122 Å². The van der Waals surface area contributed by atoms with Gasteiger partial charge in [0.05, 0.1) is 15.6 Å². The van der Waals surface area contributed by atoms with Gasteiger partial charge in [-0.1, -0.05) is 18.5 Å². The monoisotopic (exact) mass is 299 g/mol. The summed E-state index contributed by atoms with van der Waals surface area (Å²) in [4.78, 5) is 21.6. The van der Waals surface area contributed by atoms with Crippen molar-refractivity contribution in [2.45, 2.75) is 32.7 Å². The number of nitro groups is 1. The normalized spacial score (nSPS) is 11.8. The van der Waals surface area contributed by atoms with E-state index in [1.807, 2.05) is 13.8 Å². The van der Waals surface area contributed by atoms with Gasteiger partial charge in [0.25, 0.3) is 5.69 Å². The number of amides is 1. The molecule has 0 heterocycles. The second-order valence-electron chi connectivity index (χ2n) is 4.47. The van der Waals surface area contributed by atoms with Crippen molar-refractivity contribution in [1.82, 2.24) is 5.32 Å². The number of halogens is 1. The van der Waals surface area contributed by atoms with Crippen LogP contribution in [0.4, 0.5) is 11.4 Å². The van der Waals surface area contributed by atoms with E-state index in [1.54, 1.807) is 0 Å². The fourth-order valence-corrected chi connectivity index (χ4v) is 1.76. The molecule has 0 aliphatic carbocycles. The number of nitrogens with one attached hydrogen (secondary N) is 2. The van der Waals surface area contributed by atoms with Gasteiger partial charge in [-0.15, -0.1) is 0 Å². The van der Waals surface area contributed by atoms with Crippen LogP contribution in [0.5, 0.6) is 0 Å². The number of carbonyl (C=O) groups is 1. The number of rotatable bonds is 7. The summed E-state index contributed by atoms with van der Waals surface area (Å²) in [5.74, 6) is -0.0371. The van der Waals surface area contributed by atoms with Crippen LogP contribution in [0.1, 0.15) is 26.7 Å². The lowest BCUT2D eigenvalue weighted by Gasteiger charge is -2.12. The van der Waals surface area contributed by atoms with E-state index in [0.717, 1.165) is 6.42 Å². The second-order valence-corrected chi connectivity index (χ2v) is 4.88. The van der Waals surface area contributed by atoms with Crippen LogP contribution in [0.2, 0.25) is 5.02 Å². The summed E-state index contributed by atoms with van der Waals surface area (Å²) in [6.45, 7) is 4.36. The topological polar surface area (TPSA) is 84.3 Å². The maximum Gasteiger partial charge on any atom is 0.271 e. The first-order valence-corrected chi connectivity index (χ1v) is 6.79. The number of non-ortho nitro benzene ring substituents is 1. The SMILES string of the molecule is CCC(C)NC(=O)CCNc1ccc([N+](=O)[O-])cc1Cl. The van der Waals surface area contributed by atoms with Gasteiger partial charge in [-0.3, -0.25) is 14.9 Å². The van der Waals surface area contributed by atoms with Gasteiger partial charge in [0.1, 0.15) is 0 Å². The lowest BCUT2D eigenvalue weighted by molar-refractivity contribution is -0.384. The molecule has 0 radical (unpaired) electrons. The zero-order chi connectivity index (χ0) is 15.1. The van der Waals surface area contributed by atoms with Gasteiger partial charge in [0, 0.05) is 31.1 Å². The minimum Gasteiger partial charge on any atom is -0.383 e. The van der Waals surface area contributed by atoms with E-state index in [9.17, 15) is 14.9 Å². The lowest BCUT2D eigenvalue weighted by atomic mass is 10.2. The molecular weight excluding hydrogens is 282 g/mol. The van der Waals surface area contributed by atoms with Crippen molar-refractivity contribution in [2.24, 2.45) is 0 Å². The zero-order valence-electron chi connectivity index (χ0n) is 11.5. The molecule has 20 heavy (non-hydrogen) atoms. The average molecular weight is 300 g/mol. The summed E-state index contributed by atoms with van der Waals surface area (Å²) in [5.41, 5.74) is 0.517. The van der Waals surface area contributed by atoms with E-state index in [0.29, 0.717) is 18.7 Å². The molecule has 1 rings (SSSR count). The molecule has 0 bridgehead atoms. The Morgan fingerprint density at radius 3 is 2.75 bits per heavy atom. The number of benzene rings is 1. The summed E-state index contributed by atoms with van der Waals surface area (Å²) in [6.07, 6.45) is 1.20. The molecule has 0 aromatic heterocycles. The maximum absolute atomic E-state index is 11.6. The fourth-order valence-electron chi connectivity index (χ4n) is 1.52. The molecule has 6 nitrogen and oxygen atoms in total. The highest BCUT2D eigenvalue weighted by molar-refractivity contribution is 6.33. The van der Waals surface area contributed by atoms with Gasteiger partial charge in [0.15, 0.2) is 0 Å². The maximum atomic E-state index is 11.6. The quantitative estimate of drug-likeness (QED) is 0.599. The number of hydrogen-bond donors (Lipinski definition) is 2. The first-order valence-electron chi connectivity index (χ1n) is 6.41. The summed E-state index contributed by atoms with van der Waals surface area (Å²) in [6, 6.07) is 4.34. The summed E-state index contributed by atoms with van der Waals surface area (Å²) in [7, 11) is 0. The minimum absolute atomic E-state index is 0.0371. The van der Waals surface area contributed by atoms with Crippen LogP contribution in [0.3, 0.4) is 0 Å². The third-order valence-electron chi connectivity index (χ3n) is 2.85. The van der Waals surface area contributed by atoms with Crippen molar-refractivity contribution in [3.63, 3.8) is 0 Å². The van der Waals surface area contributed by atoms with E-state index >= 15 is 0 Å². The van der Waals surface area contributed by atoms with Crippen molar-refractivity contribution in [1.29, 1.82) is 0 Å². The molecular formula is C13H18ClN3O3. The molecule has 0 spiro atoms. The molecule has 110 valence electrons. The van der Waals surface area contributed by atoms with Crippen LogP contribution in [0.15, 0.2) is 18.2 Å². The predicted octanol–water partition coefficient (Wildman–Crippen LogP) is 2.96. The van der Waals surface area contributed by atoms with Crippen LogP contribution in [-0.4, -0.2) is 23.4 Å². The highest BCUT2D eigenvalue weighted by Gasteiger charge is 2.10. The van der Waals surface area contributed by atoms with Crippen LogP contribution in [0.25, 0.3) is 0 Å². The number of nitrogens with zero attached hydrogens (tertiary/aromatic N) is 1. The zero-order valence-corrected chi connectivity index (χ0v) is 12.2. The summed E-state index contributed by atoms with van der Waals surface area (Å²) >= 11 is 5.93. The fraction of sp³-hybridized carbons (Fsp3) is 0.462. The first kappa shape index (κ1) is 16.2. The molecule has 1 unspecified atom stereocenters. The van der Waals surface area contributed by atoms with E-state index in [-0.39, 0.29) is 22.7 Å². The Hall–Kier alpha value is -1.82. The Kier molecular flexibility index (Phi) is 6.24. The number of hydrogen-bond acceptors (Lipinski definition) is 4. The molecule has 0 saturated carbocycles. The van der Waals surface area contributed by atoms with Crippen molar-refractivity contribution in [3.8, 4) is 0 Å². The first-order chi connectivity index (χ1) is 9.43. The van der Waals surface area contributed by atoms with Gasteiger partial charge in [0.2, 0.25) is 5.91 Å². The van der Waals surface area contributed by atoms with E-state index < -0.39 is 4.92 Å². The summed E-state index contributed by atoms with van der Waals surface area (Å²) in [5, 5.41) is 16.7. The molecule has 1 aromatic rings. The van der Waals surface area contributed by atoms with Crippen LogP contribution in [-0.2, 0) is 4.79 Å². The molecule has 0 aliphatic heterocycles. The molecule has 1 amide bonds. The van der Waals surface area contributed by atoms with Gasteiger partial charge in [-0.05, 0) is 19.4 Å². The highest BCUT2D eigenvalue weighted by atomic mass is 35.5. The van der Waals surface area contributed by atoms with Crippen molar-refractivity contribution in [3.05, 3.63) is 33.3 Å². The second kappa shape index (κ2) is 7.69. The van der Waals surface area contributed by atoms with E-state index in [2.05, 4.69) is 10.6 Å². The van der Waals surface area contributed by atoms with Crippen molar-refractivity contribution < 1.29 is 9.72 Å². The Morgan fingerprint density at radius 2 is 2.20 bits per heavy atom. The van der Waals surface area contributed by atoms with Crippen molar-refractivity contribution in [2.75, 3.05) is 11.9 Å². The Morgan fingerprint density at radius 1 is 1.50 bits per heavy atom. The third-order valence-corrected chi connectivity index (χ3v) is 3.16. The predicted molar refractivity (Wildman–Crippen MR) is 79.1 cm³/mol.